The van der Waals surface area contributed by atoms with E-state index in [1.165, 1.54) is 11.7 Å². The van der Waals surface area contributed by atoms with Gasteiger partial charge in [0, 0.05) is 19.0 Å². The molecule has 8 heteroatoms. The van der Waals surface area contributed by atoms with Gasteiger partial charge in [-0.15, -0.1) is 0 Å². The average molecular weight is 405 g/mol. The molecule has 3 aromatic rings. The maximum absolute atomic E-state index is 12.8. The number of hydrogen-bond donors (Lipinski definition) is 1. The number of carbonyl (C=O) groups excluding carboxylic acids is 1. The topological polar surface area (TPSA) is 67.2 Å². The summed E-state index contributed by atoms with van der Waals surface area (Å²) in [7, 11) is 3.36. The van der Waals surface area contributed by atoms with Crippen LogP contribution in [0.2, 0.25) is 10.0 Å². The summed E-state index contributed by atoms with van der Waals surface area (Å²) in [5.74, 6) is -0.347. The maximum Gasteiger partial charge on any atom is 0.275 e. The van der Waals surface area contributed by atoms with Gasteiger partial charge in [-0.05, 0) is 24.7 Å². The molecule has 1 N–H and O–H groups in total. The van der Waals surface area contributed by atoms with Gasteiger partial charge in [0.15, 0.2) is 5.69 Å². The van der Waals surface area contributed by atoms with E-state index >= 15 is 0 Å². The van der Waals surface area contributed by atoms with Crippen LogP contribution in [0.3, 0.4) is 0 Å². The molecule has 2 aromatic carbocycles. The SMILES string of the molecule is CNC(=O)c1nn(CN(C)Cc2cccc(Cl)c2Cl)c(=O)c2ccccc12. The Kier molecular flexibility index (Phi) is 5.79. The van der Waals surface area contributed by atoms with Crippen molar-refractivity contribution in [2.24, 2.45) is 0 Å². The van der Waals surface area contributed by atoms with Crippen LogP contribution in [0.5, 0.6) is 0 Å². The highest BCUT2D eigenvalue weighted by Crippen LogP contribution is 2.26. The molecule has 1 amide bonds. The molecule has 0 radical (unpaired) electrons. The van der Waals surface area contributed by atoms with Gasteiger partial charge in [0.25, 0.3) is 11.5 Å². The van der Waals surface area contributed by atoms with Gasteiger partial charge in [-0.25, -0.2) is 4.68 Å². The van der Waals surface area contributed by atoms with Crippen molar-refractivity contribution in [2.45, 2.75) is 13.2 Å². The zero-order valence-electron chi connectivity index (χ0n) is 14.9. The fourth-order valence-corrected chi connectivity index (χ4v) is 3.24. The fraction of sp³-hybridized carbons (Fsp3) is 0.211. The minimum absolute atomic E-state index is 0.191. The van der Waals surface area contributed by atoms with Crippen molar-refractivity contribution in [3.05, 3.63) is 74.1 Å². The third kappa shape index (κ3) is 3.98. The van der Waals surface area contributed by atoms with Crippen molar-refractivity contribution < 1.29 is 4.79 Å². The Morgan fingerprint density at radius 1 is 1.15 bits per heavy atom. The third-order valence-corrected chi connectivity index (χ3v) is 5.02. The summed E-state index contributed by atoms with van der Waals surface area (Å²) < 4.78 is 1.28. The van der Waals surface area contributed by atoms with Crippen LogP contribution in [0.25, 0.3) is 10.8 Å². The highest BCUT2D eigenvalue weighted by atomic mass is 35.5. The molecule has 3 rings (SSSR count). The lowest BCUT2D eigenvalue weighted by atomic mass is 10.1. The van der Waals surface area contributed by atoms with Gasteiger partial charge in [0.1, 0.15) is 0 Å². The Bertz CT molecular complexity index is 1070. The van der Waals surface area contributed by atoms with Crippen LogP contribution in [0.4, 0.5) is 0 Å². The van der Waals surface area contributed by atoms with E-state index in [0.717, 1.165) is 5.56 Å². The van der Waals surface area contributed by atoms with E-state index in [9.17, 15) is 9.59 Å². The van der Waals surface area contributed by atoms with Gasteiger partial charge < -0.3 is 5.32 Å². The molecule has 1 aromatic heterocycles. The molecule has 0 aliphatic rings. The van der Waals surface area contributed by atoms with Crippen molar-refractivity contribution in [1.82, 2.24) is 20.0 Å². The molecule has 6 nitrogen and oxygen atoms in total. The van der Waals surface area contributed by atoms with Crippen LogP contribution in [0.15, 0.2) is 47.3 Å². The van der Waals surface area contributed by atoms with Crippen LogP contribution in [-0.2, 0) is 13.2 Å². The van der Waals surface area contributed by atoms with E-state index in [2.05, 4.69) is 10.4 Å². The van der Waals surface area contributed by atoms with Crippen molar-refractivity contribution in [3.63, 3.8) is 0 Å². The summed E-state index contributed by atoms with van der Waals surface area (Å²) in [5, 5.41) is 8.78. The predicted octanol–water partition coefficient (Wildman–Crippen LogP) is 3.15. The van der Waals surface area contributed by atoms with Crippen molar-refractivity contribution in [2.75, 3.05) is 14.1 Å². The molecule has 0 aliphatic heterocycles. The molecule has 0 saturated carbocycles. The van der Waals surface area contributed by atoms with E-state index in [4.69, 9.17) is 23.2 Å². The Labute approximate surface area is 166 Å². The first-order chi connectivity index (χ1) is 12.9. The Morgan fingerprint density at radius 3 is 2.56 bits per heavy atom. The summed E-state index contributed by atoms with van der Waals surface area (Å²) in [6, 6.07) is 12.4. The largest absolute Gasteiger partial charge is 0.354 e. The summed E-state index contributed by atoms with van der Waals surface area (Å²) in [6.45, 7) is 0.659. The normalized spacial score (nSPS) is 11.1. The zero-order valence-corrected chi connectivity index (χ0v) is 16.4. The molecule has 0 unspecified atom stereocenters. The summed E-state index contributed by atoms with van der Waals surface area (Å²) in [4.78, 5) is 26.9. The van der Waals surface area contributed by atoms with E-state index in [1.54, 1.807) is 30.3 Å². The molecule has 0 spiro atoms. The van der Waals surface area contributed by atoms with Gasteiger partial charge in [0.05, 0.1) is 22.1 Å². The number of aromatic nitrogens is 2. The highest BCUT2D eigenvalue weighted by Gasteiger charge is 2.16. The van der Waals surface area contributed by atoms with E-state index < -0.39 is 0 Å². The Balaban J connectivity index is 1.97. The van der Waals surface area contributed by atoms with Gasteiger partial charge >= 0.3 is 0 Å². The summed E-state index contributed by atoms with van der Waals surface area (Å²) >= 11 is 12.3. The molecule has 140 valence electrons. The predicted molar refractivity (Wildman–Crippen MR) is 107 cm³/mol. The highest BCUT2D eigenvalue weighted by molar-refractivity contribution is 6.42. The molecule has 27 heavy (non-hydrogen) atoms. The summed E-state index contributed by atoms with van der Waals surface area (Å²) in [6.07, 6.45) is 0. The zero-order chi connectivity index (χ0) is 19.6. The van der Waals surface area contributed by atoms with Crippen LogP contribution in [0.1, 0.15) is 16.1 Å². The van der Waals surface area contributed by atoms with E-state index in [0.29, 0.717) is 27.4 Å². The molecule has 0 bridgehead atoms. The second-order valence-electron chi connectivity index (χ2n) is 6.15. The minimum atomic E-state index is -0.347. The van der Waals surface area contributed by atoms with Crippen molar-refractivity contribution >= 4 is 39.9 Å². The van der Waals surface area contributed by atoms with Crippen LogP contribution >= 0.6 is 23.2 Å². The molecule has 0 saturated heterocycles. The molecule has 0 fully saturated rings. The lowest BCUT2D eigenvalue weighted by molar-refractivity contribution is 0.0956. The van der Waals surface area contributed by atoms with Crippen LogP contribution < -0.4 is 10.9 Å². The number of hydrogen-bond acceptors (Lipinski definition) is 4. The number of rotatable bonds is 5. The lowest BCUT2D eigenvalue weighted by Gasteiger charge is -2.19. The van der Waals surface area contributed by atoms with E-state index in [1.807, 2.05) is 24.1 Å². The van der Waals surface area contributed by atoms with Gasteiger partial charge in [-0.2, -0.15) is 5.10 Å². The number of amides is 1. The number of nitrogens with one attached hydrogen (secondary N) is 1. The first-order valence-corrected chi connectivity index (χ1v) is 9.01. The molecular weight excluding hydrogens is 387 g/mol. The number of halogens is 2. The quantitative estimate of drug-likeness (QED) is 0.708. The van der Waals surface area contributed by atoms with Crippen LogP contribution in [0, 0.1) is 0 Å². The smallest absolute Gasteiger partial charge is 0.275 e. The van der Waals surface area contributed by atoms with Crippen molar-refractivity contribution in [3.8, 4) is 0 Å². The Hall–Kier alpha value is -2.41. The number of carbonyl (C=O) groups is 1. The van der Waals surface area contributed by atoms with E-state index in [-0.39, 0.29) is 23.8 Å². The average Bonchev–Trinajstić information content (AvgIpc) is 2.67. The minimum Gasteiger partial charge on any atom is -0.354 e. The maximum atomic E-state index is 12.8. The van der Waals surface area contributed by atoms with Crippen molar-refractivity contribution in [1.29, 1.82) is 0 Å². The standard InChI is InChI=1S/C19H18Cl2N4O2/c1-22-18(26)17-13-7-3-4-8-14(13)19(27)25(23-17)11-24(2)10-12-6-5-9-15(20)16(12)21/h3-9H,10-11H2,1-2H3,(H,22,26). The first kappa shape index (κ1) is 19.4. The van der Waals surface area contributed by atoms with Gasteiger partial charge in [0.2, 0.25) is 0 Å². The second-order valence-corrected chi connectivity index (χ2v) is 6.93. The monoisotopic (exact) mass is 404 g/mol. The number of nitrogens with zero attached hydrogens (tertiary/aromatic N) is 3. The second kappa shape index (κ2) is 8.08. The molecule has 1 heterocycles. The number of benzene rings is 2. The van der Waals surface area contributed by atoms with Gasteiger partial charge in [-0.3, -0.25) is 14.5 Å². The Morgan fingerprint density at radius 2 is 1.85 bits per heavy atom. The molecule has 0 atom stereocenters. The molecular formula is C19H18Cl2N4O2. The van der Waals surface area contributed by atoms with Crippen LogP contribution in [-0.4, -0.2) is 34.7 Å². The summed E-state index contributed by atoms with van der Waals surface area (Å²) in [5.41, 5.74) is 0.788. The molecule has 0 aliphatic carbocycles. The fourth-order valence-electron chi connectivity index (χ4n) is 2.86. The third-order valence-electron chi connectivity index (χ3n) is 4.16. The first-order valence-electron chi connectivity index (χ1n) is 8.25. The lowest BCUT2D eigenvalue weighted by Crippen LogP contribution is -2.34. The number of fused-ring (bicyclic) bond motifs is 1. The van der Waals surface area contributed by atoms with Gasteiger partial charge in [-0.1, -0.05) is 53.5 Å².